The van der Waals surface area contributed by atoms with Gasteiger partial charge in [0.2, 0.25) is 5.91 Å². The quantitative estimate of drug-likeness (QED) is 0.430. The molecule has 4 aromatic rings. The Labute approximate surface area is 192 Å². The van der Waals surface area contributed by atoms with Crippen molar-refractivity contribution >= 4 is 11.8 Å². The molecule has 0 spiro atoms. The molecule has 0 fully saturated rings. The fourth-order valence-corrected chi connectivity index (χ4v) is 3.65. The van der Waals surface area contributed by atoms with Gasteiger partial charge in [-0.1, -0.05) is 60.7 Å². The molecule has 0 radical (unpaired) electrons. The van der Waals surface area contributed by atoms with Crippen LogP contribution in [0.15, 0.2) is 95.9 Å². The lowest BCUT2D eigenvalue weighted by molar-refractivity contribution is -0.132. The second-order valence-electron chi connectivity index (χ2n) is 7.92. The first-order valence-corrected chi connectivity index (χ1v) is 10.8. The molecule has 168 valence electrons. The topological polar surface area (TPSA) is 80.4 Å². The van der Waals surface area contributed by atoms with Crippen LogP contribution in [0.25, 0.3) is 0 Å². The summed E-state index contributed by atoms with van der Waals surface area (Å²) in [5.74, 6) is -0.432. The highest BCUT2D eigenvalue weighted by Crippen LogP contribution is 2.11. The van der Waals surface area contributed by atoms with Gasteiger partial charge in [0.15, 0.2) is 5.76 Å². The molecule has 0 saturated heterocycles. The van der Waals surface area contributed by atoms with E-state index in [0.29, 0.717) is 19.5 Å². The zero-order valence-corrected chi connectivity index (χ0v) is 18.4. The SMILES string of the molecule is CN(Cc1cnn(Cc2ccccc2)c1)C(=O)[C@H](Cc1ccccc1)NC(=O)c1ccco1. The number of nitrogens with one attached hydrogen (secondary N) is 1. The number of amides is 2. The van der Waals surface area contributed by atoms with Crippen molar-refractivity contribution in [2.24, 2.45) is 0 Å². The van der Waals surface area contributed by atoms with Crippen molar-refractivity contribution in [1.82, 2.24) is 20.0 Å². The Morgan fingerprint density at radius 1 is 0.970 bits per heavy atom. The van der Waals surface area contributed by atoms with Crippen LogP contribution in [0.3, 0.4) is 0 Å². The van der Waals surface area contributed by atoms with Crippen LogP contribution in [-0.4, -0.2) is 39.6 Å². The Hall–Kier alpha value is -4.13. The minimum Gasteiger partial charge on any atom is -0.459 e. The summed E-state index contributed by atoms with van der Waals surface area (Å²) in [7, 11) is 1.73. The first-order chi connectivity index (χ1) is 16.1. The lowest BCUT2D eigenvalue weighted by Gasteiger charge is -2.24. The van der Waals surface area contributed by atoms with Crippen molar-refractivity contribution in [3.8, 4) is 0 Å². The molecular weight excluding hydrogens is 416 g/mol. The van der Waals surface area contributed by atoms with Crippen molar-refractivity contribution < 1.29 is 14.0 Å². The van der Waals surface area contributed by atoms with E-state index in [2.05, 4.69) is 10.4 Å². The van der Waals surface area contributed by atoms with Crippen LogP contribution in [0.2, 0.25) is 0 Å². The van der Waals surface area contributed by atoms with Gasteiger partial charge in [-0.2, -0.15) is 5.10 Å². The van der Waals surface area contributed by atoms with Gasteiger partial charge in [-0.05, 0) is 23.3 Å². The summed E-state index contributed by atoms with van der Waals surface area (Å²) in [6.45, 7) is 1.05. The predicted molar refractivity (Wildman–Crippen MR) is 124 cm³/mol. The van der Waals surface area contributed by atoms with Crippen LogP contribution < -0.4 is 5.32 Å². The number of carbonyl (C=O) groups is 2. The van der Waals surface area contributed by atoms with Crippen LogP contribution in [0, 0.1) is 0 Å². The molecule has 2 aromatic heterocycles. The number of aromatic nitrogens is 2. The number of carbonyl (C=O) groups excluding carboxylic acids is 2. The molecule has 0 aliphatic rings. The maximum atomic E-state index is 13.3. The van der Waals surface area contributed by atoms with E-state index in [4.69, 9.17) is 4.42 Å². The Balaban J connectivity index is 1.44. The zero-order chi connectivity index (χ0) is 23.0. The van der Waals surface area contributed by atoms with Crippen LogP contribution in [0.5, 0.6) is 0 Å². The van der Waals surface area contributed by atoms with Crippen LogP contribution in [0.4, 0.5) is 0 Å². The Bertz CT molecular complexity index is 1170. The molecule has 0 aliphatic carbocycles. The summed E-state index contributed by atoms with van der Waals surface area (Å²) in [6, 6.07) is 22.2. The molecule has 7 heteroatoms. The van der Waals surface area contributed by atoms with Crippen molar-refractivity contribution in [2.45, 2.75) is 25.6 Å². The number of nitrogens with zero attached hydrogens (tertiary/aromatic N) is 3. The second kappa shape index (κ2) is 10.5. The summed E-state index contributed by atoms with van der Waals surface area (Å²) in [6.07, 6.45) is 5.51. The van der Waals surface area contributed by atoms with E-state index in [0.717, 1.165) is 16.7 Å². The van der Waals surface area contributed by atoms with Crippen molar-refractivity contribution in [1.29, 1.82) is 0 Å². The second-order valence-corrected chi connectivity index (χ2v) is 7.92. The fraction of sp³-hybridized carbons (Fsp3) is 0.192. The highest BCUT2D eigenvalue weighted by Gasteiger charge is 2.26. The van der Waals surface area contributed by atoms with E-state index >= 15 is 0 Å². The molecule has 2 heterocycles. The summed E-state index contributed by atoms with van der Waals surface area (Å²) < 4.78 is 7.04. The highest BCUT2D eigenvalue weighted by atomic mass is 16.3. The first kappa shape index (κ1) is 22.1. The molecule has 2 amide bonds. The van der Waals surface area contributed by atoms with Gasteiger partial charge in [0.25, 0.3) is 5.91 Å². The number of likely N-dealkylation sites (N-methyl/N-ethyl adjacent to an activating group) is 1. The normalized spacial score (nSPS) is 11.7. The van der Waals surface area contributed by atoms with Gasteiger partial charge >= 0.3 is 0 Å². The molecule has 7 nitrogen and oxygen atoms in total. The van der Waals surface area contributed by atoms with E-state index in [1.807, 2.05) is 71.5 Å². The van der Waals surface area contributed by atoms with E-state index in [1.165, 1.54) is 6.26 Å². The fourth-order valence-electron chi connectivity index (χ4n) is 3.65. The van der Waals surface area contributed by atoms with Gasteiger partial charge < -0.3 is 14.6 Å². The highest BCUT2D eigenvalue weighted by molar-refractivity contribution is 5.95. The Morgan fingerprint density at radius 3 is 2.33 bits per heavy atom. The van der Waals surface area contributed by atoms with E-state index in [1.54, 1.807) is 30.3 Å². The monoisotopic (exact) mass is 442 g/mol. The molecule has 0 bridgehead atoms. The number of benzene rings is 2. The summed E-state index contributed by atoms with van der Waals surface area (Å²) in [5.41, 5.74) is 3.03. The molecule has 1 N–H and O–H groups in total. The lowest BCUT2D eigenvalue weighted by atomic mass is 10.0. The average molecular weight is 443 g/mol. The molecule has 33 heavy (non-hydrogen) atoms. The lowest BCUT2D eigenvalue weighted by Crippen LogP contribution is -2.48. The van der Waals surface area contributed by atoms with Gasteiger partial charge in [0.1, 0.15) is 6.04 Å². The average Bonchev–Trinajstić information content (AvgIpc) is 3.52. The maximum absolute atomic E-state index is 13.3. The van der Waals surface area contributed by atoms with Gasteiger partial charge in [0.05, 0.1) is 19.0 Å². The van der Waals surface area contributed by atoms with Gasteiger partial charge in [0, 0.05) is 31.8 Å². The van der Waals surface area contributed by atoms with Crippen molar-refractivity contribution in [2.75, 3.05) is 7.05 Å². The standard InChI is InChI=1S/C26H26N4O3/c1-29(17-22-16-27-30(19-22)18-21-11-6-3-7-12-21)26(32)23(15-20-9-4-2-5-10-20)28-25(31)24-13-8-14-33-24/h2-14,16,19,23H,15,17-18H2,1H3,(H,28,31)/t23-/m0/s1. The van der Waals surface area contributed by atoms with Crippen molar-refractivity contribution in [3.05, 3.63) is 114 Å². The Morgan fingerprint density at radius 2 is 1.67 bits per heavy atom. The summed E-state index contributed by atoms with van der Waals surface area (Å²) in [5, 5.41) is 7.24. The predicted octanol–water partition coefficient (Wildman–Crippen LogP) is 3.52. The summed E-state index contributed by atoms with van der Waals surface area (Å²) in [4.78, 5) is 27.5. The van der Waals surface area contributed by atoms with E-state index in [-0.39, 0.29) is 11.7 Å². The minimum atomic E-state index is -0.727. The van der Waals surface area contributed by atoms with Crippen LogP contribution >= 0.6 is 0 Å². The third-order valence-electron chi connectivity index (χ3n) is 5.30. The van der Waals surface area contributed by atoms with E-state index < -0.39 is 11.9 Å². The van der Waals surface area contributed by atoms with Crippen LogP contribution in [-0.2, 0) is 24.3 Å². The molecule has 0 unspecified atom stereocenters. The van der Waals surface area contributed by atoms with Crippen LogP contribution in [0.1, 0.15) is 27.2 Å². The number of hydrogen-bond donors (Lipinski definition) is 1. The molecule has 2 aromatic carbocycles. The molecular formula is C26H26N4O3. The molecule has 4 rings (SSSR count). The van der Waals surface area contributed by atoms with E-state index in [9.17, 15) is 9.59 Å². The minimum absolute atomic E-state index is 0.172. The zero-order valence-electron chi connectivity index (χ0n) is 18.4. The van der Waals surface area contributed by atoms with Gasteiger partial charge in [-0.15, -0.1) is 0 Å². The molecule has 0 saturated carbocycles. The first-order valence-electron chi connectivity index (χ1n) is 10.8. The third kappa shape index (κ3) is 5.98. The number of furan rings is 1. The third-order valence-corrected chi connectivity index (χ3v) is 5.30. The number of hydrogen-bond acceptors (Lipinski definition) is 4. The van der Waals surface area contributed by atoms with Crippen molar-refractivity contribution in [3.63, 3.8) is 0 Å². The Kier molecular flexibility index (Phi) is 6.99. The molecule has 1 atom stereocenters. The maximum Gasteiger partial charge on any atom is 0.287 e. The number of rotatable bonds is 9. The van der Waals surface area contributed by atoms with Gasteiger partial charge in [-0.25, -0.2) is 0 Å². The largest absolute Gasteiger partial charge is 0.459 e. The van der Waals surface area contributed by atoms with Gasteiger partial charge in [-0.3, -0.25) is 14.3 Å². The smallest absolute Gasteiger partial charge is 0.287 e. The summed E-state index contributed by atoms with van der Waals surface area (Å²) >= 11 is 0. The molecule has 0 aliphatic heterocycles.